The van der Waals surface area contributed by atoms with Gasteiger partial charge in [-0.25, -0.2) is 4.98 Å². The number of amides is 1. The third kappa shape index (κ3) is 3.92. The number of anilines is 1. The molecule has 1 N–H and O–H groups in total. The fourth-order valence-electron chi connectivity index (χ4n) is 4.57. The number of hydrogen-bond acceptors (Lipinski definition) is 7. The van der Waals surface area contributed by atoms with Crippen molar-refractivity contribution in [1.29, 1.82) is 0 Å². The Balaban J connectivity index is 1.24. The second-order valence-corrected chi connectivity index (χ2v) is 9.51. The Hall–Kier alpha value is -3.72. The average Bonchev–Trinajstić information content (AvgIpc) is 3.45. The van der Waals surface area contributed by atoms with Gasteiger partial charge in [0.05, 0.1) is 18.5 Å². The highest BCUT2D eigenvalue weighted by molar-refractivity contribution is 7.14. The van der Waals surface area contributed by atoms with E-state index in [-0.39, 0.29) is 5.91 Å². The SMILES string of the molecule is O=C(c1nc2c(s1)CCOc1cc(-c3cn[nH]c3)ccc1-2)N1CCCN(c2ccncc2)CC1. The van der Waals surface area contributed by atoms with Crippen LogP contribution in [0, 0.1) is 0 Å². The molecule has 0 atom stereocenters. The predicted molar refractivity (Wildman–Crippen MR) is 131 cm³/mol. The van der Waals surface area contributed by atoms with Crippen molar-refractivity contribution in [3.63, 3.8) is 0 Å². The molecule has 2 aliphatic heterocycles. The monoisotopic (exact) mass is 472 g/mol. The molecule has 0 radical (unpaired) electrons. The number of pyridine rings is 1. The smallest absolute Gasteiger partial charge is 0.282 e. The molecule has 0 unspecified atom stereocenters. The number of aromatic nitrogens is 4. The number of aromatic amines is 1. The number of H-pyrrole nitrogens is 1. The Morgan fingerprint density at radius 1 is 1.06 bits per heavy atom. The molecule has 9 heteroatoms. The van der Waals surface area contributed by atoms with Gasteiger partial charge in [-0.15, -0.1) is 11.3 Å². The van der Waals surface area contributed by atoms with Crippen LogP contribution in [0.1, 0.15) is 21.1 Å². The van der Waals surface area contributed by atoms with Crippen molar-refractivity contribution >= 4 is 22.9 Å². The quantitative estimate of drug-likeness (QED) is 0.487. The van der Waals surface area contributed by atoms with Gasteiger partial charge in [-0.3, -0.25) is 14.9 Å². The molecule has 1 amide bonds. The summed E-state index contributed by atoms with van der Waals surface area (Å²) in [6, 6.07) is 10.2. The van der Waals surface area contributed by atoms with Crippen LogP contribution in [0.3, 0.4) is 0 Å². The van der Waals surface area contributed by atoms with Gasteiger partial charge in [0.1, 0.15) is 5.75 Å². The number of benzene rings is 1. The van der Waals surface area contributed by atoms with E-state index < -0.39 is 0 Å². The van der Waals surface area contributed by atoms with Crippen molar-refractivity contribution < 1.29 is 9.53 Å². The molecule has 8 nitrogen and oxygen atoms in total. The molecular formula is C25H24N6O2S. The first-order chi connectivity index (χ1) is 16.8. The van der Waals surface area contributed by atoms with Crippen molar-refractivity contribution in [3.8, 4) is 28.1 Å². The largest absolute Gasteiger partial charge is 0.492 e. The van der Waals surface area contributed by atoms with E-state index in [9.17, 15) is 4.79 Å². The Morgan fingerprint density at radius 3 is 2.82 bits per heavy atom. The topological polar surface area (TPSA) is 87.2 Å². The molecule has 1 fully saturated rings. The highest BCUT2D eigenvalue weighted by atomic mass is 32.1. The summed E-state index contributed by atoms with van der Waals surface area (Å²) in [5, 5.41) is 7.45. The Labute approximate surface area is 201 Å². The predicted octanol–water partition coefficient (Wildman–Crippen LogP) is 3.88. The van der Waals surface area contributed by atoms with Crippen LogP contribution in [-0.4, -0.2) is 63.8 Å². The van der Waals surface area contributed by atoms with Gasteiger partial charge in [0.15, 0.2) is 5.01 Å². The normalized spacial score (nSPS) is 15.6. The molecule has 1 saturated heterocycles. The van der Waals surface area contributed by atoms with Crippen LogP contribution in [0.25, 0.3) is 22.4 Å². The highest BCUT2D eigenvalue weighted by Crippen LogP contribution is 2.40. The summed E-state index contributed by atoms with van der Waals surface area (Å²) in [4.78, 5) is 27.7. The second-order valence-electron chi connectivity index (χ2n) is 8.43. The summed E-state index contributed by atoms with van der Waals surface area (Å²) in [6.45, 7) is 3.70. The molecule has 3 aromatic heterocycles. The van der Waals surface area contributed by atoms with E-state index in [2.05, 4.69) is 20.1 Å². The van der Waals surface area contributed by atoms with Crippen LogP contribution in [0.5, 0.6) is 5.75 Å². The first kappa shape index (κ1) is 20.9. The minimum absolute atomic E-state index is 0.0205. The van der Waals surface area contributed by atoms with Gasteiger partial charge >= 0.3 is 0 Å². The minimum atomic E-state index is 0.0205. The van der Waals surface area contributed by atoms with Crippen LogP contribution in [-0.2, 0) is 6.42 Å². The lowest BCUT2D eigenvalue weighted by Crippen LogP contribution is -2.35. The zero-order chi connectivity index (χ0) is 22.9. The van der Waals surface area contributed by atoms with E-state index in [0.717, 1.165) is 71.2 Å². The fraction of sp³-hybridized carbons (Fsp3) is 0.280. The molecule has 0 bridgehead atoms. The van der Waals surface area contributed by atoms with E-state index in [1.165, 1.54) is 11.3 Å². The molecular weight excluding hydrogens is 448 g/mol. The van der Waals surface area contributed by atoms with Crippen LogP contribution >= 0.6 is 11.3 Å². The molecule has 0 spiro atoms. The van der Waals surface area contributed by atoms with Crippen LogP contribution in [0.2, 0.25) is 0 Å². The van der Waals surface area contributed by atoms with Gasteiger partial charge < -0.3 is 14.5 Å². The van der Waals surface area contributed by atoms with Gasteiger partial charge in [0.25, 0.3) is 5.91 Å². The van der Waals surface area contributed by atoms with E-state index in [1.54, 1.807) is 6.20 Å². The zero-order valence-electron chi connectivity index (χ0n) is 18.6. The number of rotatable bonds is 3. The molecule has 172 valence electrons. The first-order valence-corrected chi connectivity index (χ1v) is 12.3. The number of carbonyl (C=O) groups is 1. The average molecular weight is 473 g/mol. The van der Waals surface area contributed by atoms with Crippen molar-refractivity contribution in [1.82, 2.24) is 25.1 Å². The Kier molecular flexibility index (Phi) is 5.46. The lowest BCUT2D eigenvalue weighted by atomic mass is 10.0. The molecule has 4 aromatic rings. The lowest BCUT2D eigenvalue weighted by molar-refractivity contribution is 0.0766. The number of carbonyl (C=O) groups excluding carboxylic acids is 1. The Morgan fingerprint density at radius 2 is 1.97 bits per heavy atom. The minimum Gasteiger partial charge on any atom is -0.492 e. The molecule has 5 heterocycles. The summed E-state index contributed by atoms with van der Waals surface area (Å²) < 4.78 is 6.05. The summed E-state index contributed by atoms with van der Waals surface area (Å²) in [6.07, 6.45) is 8.94. The number of hydrogen-bond donors (Lipinski definition) is 1. The maximum atomic E-state index is 13.4. The zero-order valence-corrected chi connectivity index (χ0v) is 19.4. The lowest BCUT2D eigenvalue weighted by Gasteiger charge is -2.23. The maximum Gasteiger partial charge on any atom is 0.282 e. The number of fused-ring (bicyclic) bond motifs is 3. The first-order valence-electron chi connectivity index (χ1n) is 11.5. The van der Waals surface area contributed by atoms with Crippen molar-refractivity contribution in [2.75, 3.05) is 37.7 Å². The second kappa shape index (κ2) is 8.90. The van der Waals surface area contributed by atoms with Crippen molar-refractivity contribution in [2.24, 2.45) is 0 Å². The number of nitrogens with zero attached hydrogens (tertiary/aromatic N) is 5. The van der Waals surface area contributed by atoms with E-state index >= 15 is 0 Å². The molecule has 0 aliphatic carbocycles. The van der Waals surface area contributed by atoms with Crippen molar-refractivity contribution in [3.05, 3.63) is 65.0 Å². The van der Waals surface area contributed by atoms with Crippen molar-refractivity contribution in [2.45, 2.75) is 12.8 Å². The number of nitrogens with one attached hydrogen (secondary N) is 1. The van der Waals surface area contributed by atoms with E-state index in [4.69, 9.17) is 9.72 Å². The fourth-order valence-corrected chi connectivity index (χ4v) is 5.60. The maximum absolute atomic E-state index is 13.4. The summed E-state index contributed by atoms with van der Waals surface area (Å²) in [7, 11) is 0. The van der Waals surface area contributed by atoms with Gasteiger partial charge in [0.2, 0.25) is 0 Å². The third-order valence-corrected chi connectivity index (χ3v) is 7.45. The van der Waals surface area contributed by atoms with Gasteiger partial charge in [-0.05, 0) is 36.2 Å². The highest BCUT2D eigenvalue weighted by Gasteiger charge is 2.27. The van der Waals surface area contributed by atoms with E-state index in [1.807, 2.05) is 53.8 Å². The van der Waals surface area contributed by atoms with Crippen LogP contribution in [0.15, 0.2) is 55.1 Å². The van der Waals surface area contributed by atoms with E-state index in [0.29, 0.717) is 18.2 Å². The van der Waals surface area contributed by atoms with Gasteiger partial charge in [-0.2, -0.15) is 5.10 Å². The number of ether oxygens (including phenoxy) is 1. The molecule has 1 aromatic carbocycles. The summed E-state index contributed by atoms with van der Waals surface area (Å²) >= 11 is 1.50. The summed E-state index contributed by atoms with van der Waals surface area (Å²) in [5.74, 6) is 0.816. The van der Waals surface area contributed by atoms with Gasteiger partial charge in [0, 0.05) is 72.9 Å². The summed E-state index contributed by atoms with van der Waals surface area (Å²) in [5.41, 5.74) is 5.00. The standard InChI is InChI=1S/C25H24N6O2S/c32-25(31-10-1-9-30(11-12-31)19-4-7-26-8-5-19)24-29-23-20-3-2-17(18-15-27-28-16-18)14-21(20)33-13-6-22(23)34-24/h2-5,7-8,14-16H,1,6,9-13H2,(H,27,28). The Bertz CT molecular complexity index is 1300. The van der Waals surface area contributed by atoms with Crippen LogP contribution in [0.4, 0.5) is 5.69 Å². The molecule has 34 heavy (non-hydrogen) atoms. The molecule has 6 rings (SSSR count). The molecule has 2 aliphatic rings. The molecule has 0 saturated carbocycles. The number of thiazole rings is 1. The van der Waals surface area contributed by atoms with Crippen LogP contribution < -0.4 is 9.64 Å². The van der Waals surface area contributed by atoms with Gasteiger partial charge in [-0.1, -0.05) is 6.07 Å². The third-order valence-electron chi connectivity index (χ3n) is 6.35.